The van der Waals surface area contributed by atoms with Gasteiger partial charge in [-0.25, -0.2) is 14.8 Å². The molecule has 1 aromatic carbocycles. The summed E-state index contributed by atoms with van der Waals surface area (Å²) in [6, 6.07) is 11.3. The van der Waals surface area contributed by atoms with Gasteiger partial charge in [-0.05, 0) is 49.7 Å². The molecule has 0 spiro atoms. The van der Waals surface area contributed by atoms with E-state index < -0.39 is 6.09 Å². The predicted molar refractivity (Wildman–Crippen MR) is 112 cm³/mol. The van der Waals surface area contributed by atoms with E-state index in [0.29, 0.717) is 36.8 Å². The van der Waals surface area contributed by atoms with E-state index in [1.165, 1.54) is 4.90 Å². The van der Waals surface area contributed by atoms with E-state index in [-0.39, 0.29) is 0 Å². The summed E-state index contributed by atoms with van der Waals surface area (Å²) in [7, 11) is 0. The molecule has 0 saturated heterocycles. The molecule has 0 bridgehead atoms. The van der Waals surface area contributed by atoms with Crippen molar-refractivity contribution in [1.29, 1.82) is 0 Å². The zero-order valence-corrected chi connectivity index (χ0v) is 16.3. The summed E-state index contributed by atoms with van der Waals surface area (Å²) in [6.45, 7) is 2.80. The zero-order valence-electron chi connectivity index (χ0n) is 16.3. The molecule has 5 rings (SSSR count). The quantitative estimate of drug-likeness (QED) is 0.545. The fraction of sp³-hybridized carbons (Fsp3) is 0.182. The number of carboxylic acid groups (broad SMARTS) is 1. The second-order valence-corrected chi connectivity index (χ2v) is 7.10. The fourth-order valence-electron chi connectivity index (χ4n) is 3.78. The maximum absolute atomic E-state index is 11.8. The van der Waals surface area contributed by atoms with E-state index >= 15 is 0 Å². The predicted octanol–water partition coefficient (Wildman–Crippen LogP) is 4.03. The second-order valence-electron chi connectivity index (χ2n) is 7.10. The molecule has 0 saturated carbocycles. The Morgan fingerprint density at radius 2 is 2.03 bits per heavy atom. The Morgan fingerprint density at radius 3 is 2.87 bits per heavy atom. The molecule has 0 unspecified atom stereocenters. The average Bonchev–Trinajstić information content (AvgIpc) is 3.00. The van der Waals surface area contributed by atoms with Crippen LogP contribution < -0.4 is 9.64 Å². The lowest BCUT2D eigenvalue weighted by Crippen LogP contribution is -2.29. The molecule has 0 aliphatic carbocycles. The van der Waals surface area contributed by atoms with Crippen LogP contribution in [-0.4, -0.2) is 43.7 Å². The van der Waals surface area contributed by atoms with Crippen molar-refractivity contribution >= 4 is 17.6 Å². The number of hydrogen-bond acceptors (Lipinski definition) is 5. The third-order valence-electron chi connectivity index (χ3n) is 5.11. The van der Waals surface area contributed by atoms with Crippen LogP contribution in [0.1, 0.15) is 12.1 Å². The van der Waals surface area contributed by atoms with Gasteiger partial charge in [-0.1, -0.05) is 0 Å². The second kappa shape index (κ2) is 7.14. The van der Waals surface area contributed by atoms with Crippen molar-refractivity contribution in [1.82, 2.24) is 19.4 Å². The first-order chi connectivity index (χ1) is 14.6. The smallest absolute Gasteiger partial charge is 0.411 e. The third-order valence-corrected chi connectivity index (χ3v) is 5.11. The lowest BCUT2D eigenvalue weighted by atomic mass is 10.0. The lowest BCUT2D eigenvalue weighted by Gasteiger charge is -2.19. The largest absolute Gasteiger partial charge is 0.491 e. The van der Waals surface area contributed by atoms with Crippen molar-refractivity contribution in [3.63, 3.8) is 0 Å². The Bertz CT molecular complexity index is 1270. The molecule has 0 fully saturated rings. The molecule has 4 heterocycles. The summed E-state index contributed by atoms with van der Waals surface area (Å²) in [6.07, 6.45) is 4.99. The van der Waals surface area contributed by atoms with E-state index in [1.54, 1.807) is 12.4 Å². The number of aryl methyl sites for hydroxylation is 1. The number of amides is 1. The summed E-state index contributed by atoms with van der Waals surface area (Å²) >= 11 is 0. The molecule has 0 radical (unpaired) electrons. The number of carbonyl (C=O) groups is 1. The minimum Gasteiger partial charge on any atom is -0.491 e. The molecule has 4 aromatic rings. The monoisotopic (exact) mass is 401 g/mol. The van der Waals surface area contributed by atoms with Crippen molar-refractivity contribution in [2.45, 2.75) is 13.3 Å². The number of nitrogens with zero attached hydrogens (tertiary/aromatic N) is 5. The number of pyridine rings is 1. The van der Waals surface area contributed by atoms with Crippen LogP contribution >= 0.6 is 0 Å². The number of imidazole rings is 1. The van der Waals surface area contributed by atoms with Gasteiger partial charge in [0.25, 0.3) is 0 Å². The zero-order chi connectivity index (χ0) is 20.7. The Hall–Kier alpha value is -3.94. The van der Waals surface area contributed by atoms with Crippen LogP contribution in [0.4, 0.5) is 10.5 Å². The molecule has 1 amide bonds. The van der Waals surface area contributed by atoms with Crippen molar-refractivity contribution in [3.8, 4) is 28.3 Å². The molecular formula is C22H19N5O3. The summed E-state index contributed by atoms with van der Waals surface area (Å²) in [5.41, 5.74) is 4.76. The van der Waals surface area contributed by atoms with E-state index in [1.807, 2.05) is 53.9 Å². The highest BCUT2D eigenvalue weighted by molar-refractivity contribution is 5.91. The van der Waals surface area contributed by atoms with Gasteiger partial charge >= 0.3 is 6.09 Å². The molecule has 8 heteroatoms. The van der Waals surface area contributed by atoms with Gasteiger partial charge in [0, 0.05) is 42.0 Å². The molecule has 1 aliphatic heterocycles. The van der Waals surface area contributed by atoms with Crippen LogP contribution in [0.15, 0.2) is 55.0 Å². The Morgan fingerprint density at radius 1 is 1.13 bits per heavy atom. The molecule has 8 nitrogen and oxygen atoms in total. The van der Waals surface area contributed by atoms with Gasteiger partial charge < -0.3 is 9.84 Å². The minimum atomic E-state index is -0.997. The van der Waals surface area contributed by atoms with Gasteiger partial charge in [-0.2, -0.15) is 0 Å². The molecule has 1 aliphatic rings. The van der Waals surface area contributed by atoms with Gasteiger partial charge in [0.1, 0.15) is 5.75 Å². The van der Waals surface area contributed by atoms with Crippen LogP contribution in [0.25, 0.3) is 28.3 Å². The van der Waals surface area contributed by atoms with E-state index in [0.717, 1.165) is 28.2 Å². The summed E-state index contributed by atoms with van der Waals surface area (Å²) < 4.78 is 7.68. The first-order valence-corrected chi connectivity index (χ1v) is 9.65. The van der Waals surface area contributed by atoms with Crippen LogP contribution in [0, 0.1) is 6.92 Å². The molecule has 30 heavy (non-hydrogen) atoms. The van der Waals surface area contributed by atoms with Crippen molar-refractivity contribution in [2.75, 3.05) is 18.1 Å². The molecule has 0 atom stereocenters. The number of fused-ring (bicyclic) bond motifs is 2. The minimum absolute atomic E-state index is 0.386. The highest BCUT2D eigenvalue weighted by atomic mass is 16.5. The maximum Gasteiger partial charge on any atom is 0.411 e. The number of ether oxygens (including phenoxy) is 1. The number of benzene rings is 1. The molecule has 1 N–H and O–H groups in total. The van der Waals surface area contributed by atoms with Gasteiger partial charge in [0.15, 0.2) is 0 Å². The van der Waals surface area contributed by atoms with E-state index in [9.17, 15) is 9.90 Å². The first-order valence-electron chi connectivity index (χ1n) is 9.65. The number of hydrogen-bond donors (Lipinski definition) is 1. The van der Waals surface area contributed by atoms with Gasteiger partial charge in [0.05, 0.1) is 23.7 Å². The Labute approximate surface area is 172 Å². The Balaban J connectivity index is 1.76. The van der Waals surface area contributed by atoms with Crippen molar-refractivity contribution in [2.24, 2.45) is 0 Å². The number of aromatic nitrogens is 4. The van der Waals surface area contributed by atoms with Crippen LogP contribution in [0.3, 0.4) is 0 Å². The standard InChI is InChI=1S/C22H19N5O3/c1-14-12-15(6-8-23-14)19-20(27-9-2-7-24-21(27)25-19)16-4-5-18-17(13-16)26(22(28)29)10-3-11-30-18/h2,4-9,12-13H,3,10-11H2,1H3,(H,28,29). The molecule has 150 valence electrons. The highest BCUT2D eigenvalue weighted by Crippen LogP contribution is 2.38. The first kappa shape index (κ1) is 18.1. The highest BCUT2D eigenvalue weighted by Gasteiger charge is 2.24. The summed E-state index contributed by atoms with van der Waals surface area (Å²) in [4.78, 5) is 26.6. The fourth-order valence-corrected chi connectivity index (χ4v) is 3.78. The van der Waals surface area contributed by atoms with Crippen LogP contribution in [0.5, 0.6) is 5.75 Å². The van der Waals surface area contributed by atoms with Gasteiger partial charge in [-0.15, -0.1) is 0 Å². The Kier molecular flexibility index (Phi) is 4.31. The van der Waals surface area contributed by atoms with E-state index in [4.69, 9.17) is 9.72 Å². The van der Waals surface area contributed by atoms with Gasteiger partial charge in [0.2, 0.25) is 5.78 Å². The van der Waals surface area contributed by atoms with E-state index in [2.05, 4.69) is 9.97 Å². The maximum atomic E-state index is 11.8. The summed E-state index contributed by atoms with van der Waals surface area (Å²) in [5, 5.41) is 9.70. The average molecular weight is 401 g/mol. The third kappa shape index (κ3) is 3.02. The van der Waals surface area contributed by atoms with Crippen molar-refractivity contribution in [3.05, 3.63) is 60.7 Å². The SMILES string of the molecule is Cc1cc(-c2nc3ncccn3c2-c2ccc3c(c2)N(C(=O)O)CCCO3)ccn1. The van der Waals surface area contributed by atoms with Crippen LogP contribution in [0.2, 0.25) is 0 Å². The lowest BCUT2D eigenvalue weighted by molar-refractivity contribution is 0.202. The summed E-state index contributed by atoms with van der Waals surface area (Å²) in [5.74, 6) is 1.13. The molecule has 3 aromatic heterocycles. The topological polar surface area (TPSA) is 92.9 Å². The van der Waals surface area contributed by atoms with Gasteiger partial charge in [-0.3, -0.25) is 14.3 Å². The molecular weight excluding hydrogens is 382 g/mol. The normalized spacial score (nSPS) is 13.6. The van der Waals surface area contributed by atoms with Crippen molar-refractivity contribution < 1.29 is 14.6 Å². The van der Waals surface area contributed by atoms with Crippen LogP contribution in [-0.2, 0) is 0 Å². The number of rotatable bonds is 2. The number of anilines is 1.